The van der Waals surface area contributed by atoms with Crippen LogP contribution in [0.1, 0.15) is 47.5 Å². The standard InChI is InChI=1S/C17H29NO5/c1-10(2)13(16(21)23-17(3,4)5)18(6)14(19)11-8-12(9-11)15(20)22-7/h10-13H,8-9H2,1-7H3/t11-,12-,13-/m0/s1. The summed E-state index contributed by atoms with van der Waals surface area (Å²) in [4.78, 5) is 37.9. The Hall–Kier alpha value is -1.59. The molecule has 6 nitrogen and oxygen atoms in total. The molecule has 0 bridgehead atoms. The molecule has 1 aliphatic rings. The first-order valence-corrected chi connectivity index (χ1v) is 8.05. The van der Waals surface area contributed by atoms with E-state index in [1.54, 1.807) is 27.8 Å². The van der Waals surface area contributed by atoms with Crippen LogP contribution in [0.5, 0.6) is 0 Å². The Balaban J connectivity index is 2.72. The van der Waals surface area contributed by atoms with Gasteiger partial charge in [0.15, 0.2) is 0 Å². The van der Waals surface area contributed by atoms with E-state index >= 15 is 0 Å². The minimum Gasteiger partial charge on any atom is -0.469 e. The molecule has 1 saturated carbocycles. The summed E-state index contributed by atoms with van der Waals surface area (Å²) in [6.45, 7) is 9.18. The number of ether oxygens (including phenoxy) is 2. The maximum absolute atomic E-state index is 12.6. The van der Waals surface area contributed by atoms with Crippen LogP contribution in [-0.4, -0.2) is 48.5 Å². The lowest BCUT2D eigenvalue weighted by molar-refractivity contribution is -0.169. The summed E-state index contributed by atoms with van der Waals surface area (Å²) in [5.74, 6) is -1.28. The minimum atomic E-state index is -0.626. The molecule has 0 aliphatic heterocycles. The van der Waals surface area contributed by atoms with Crippen molar-refractivity contribution < 1.29 is 23.9 Å². The highest BCUT2D eigenvalue weighted by molar-refractivity contribution is 5.88. The predicted molar refractivity (Wildman–Crippen MR) is 85.5 cm³/mol. The van der Waals surface area contributed by atoms with Crippen molar-refractivity contribution >= 4 is 17.8 Å². The summed E-state index contributed by atoms with van der Waals surface area (Å²) in [5, 5.41) is 0. The van der Waals surface area contributed by atoms with Crippen molar-refractivity contribution in [2.45, 2.75) is 59.1 Å². The third kappa shape index (κ3) is 4.94. The van der Waals surface area contributed by atoms with Gasteiger partial charge in [0, 0.05) is 13.0 Å². The van der Waals surface area contributed by atoms with Crippen LogP contribution in [-0.2, 0) is 23.9 Å². The van der Waals surface area contributed by atoms with Gasteiger partial charge in [-0.25, -0.2) is 4.79 Å². The van der Waals surface area contributed by atoms with E-state index in [0.29, 0.717) is 12.8 Å². The van der Waals surface area contributed by atoms with Crippen LogP contribution in [0.25, 0.3) is 0 Å². The van der Waals surface area contributed by atoms with Gasteiger partial charge in [-0.05, 0) is 39.5 Å². The second kappa shape index (κ2) is 7.32. The van der Waals surface area contributed by atoms with E-state index in [2.05, 4.69) is 4.74 Å². The number of hydrogen-bond donors (Lipinski definition) is 0. The van der Waals surface area contributed by atoms with E-state index in [1.165, 1.54) is 12.0 Å². The zero-order valence-electron chi connectivity index (χ0n) is 15.2. The van der Waals surface area contributed by atoms with Gasteiger partial charge in [-0.15, -0.1) is 0 Å². The van der Waals surface area contributed by atoms with Gasteiger partial charge in [-0.2, -0.15) is 0 Å². The lowest BCUT2D eigenvalue weighted by atomic mass is 9.74. The third-order valence-electron chi connectivity index (χ3n) is 4.07. The predicted octanol–water partition coefficient (Wildman–Crippen LogP) is 2.01. The van der Waals surface area contributed by atoms with Gasteiger partial charge >= 0.3 is 11.9 Å². The van der Waals surface area contributed by atoms with Crippen molar-refractivity contribution in [3.8, 4) is 0 Å². The van der Waals surface area contributed by atoms with E-state index < -0.39 is 17.6 Å². The first kappa shape index (κ1) is 19.5. The fourth-order valence-electron chi connectivity index (χ4n) is 2.84. The van der Waals surface area contributed by atoms with Crippen LogP contribution in [0.3, 0.4) is 0 Å². The largest absolute Gasteiger partial charge is 0.469 e. The van der Waals surface area contributed by atoms with Crippen LogP contribution in [0, 0.1) is 17.8 Å². The number of carbonyl (C=O) groups excluding carboxylic acids is 3. The fraction of sp³-hybridized carbons (Fsp3) is 0.824. The zero-order chi connectivity index (χ0) is 17.9. The number of nitrogens with zero attached hydrogens (tertiary/aromatic N) is 1. The van der Waals surface area contributed by atoms with E-state index in [-0.39, 0.29) is 29.6 Å². The Labute approximate surface area is 138 Å². The molecule has 0 N–H and O–H groups in total. The molecule has 1 rings (SSSR count). The van der Waals surface area contributed by atoms with Crippen LogP contribution in [0.15, 0.2) is 0 Å². The molecule has 1 fully saturated rings. The van der Waals surface area contributed by atoms with Crippen molar-refractivity contribution in [2.75, 3.05) is 14.2 Å². The summed E-state index contributed by atoms with van der Waals surface area (Å²) in [6, 6.07) is -0.626. The molecule has 0 spiro atoms. The molecule has 0 aromatic heterocycles. The smallest absolute Gasteiger partial charge is 0.329 e. The maximum Gasteiger partial charge on any atom is 0.329 e. The lowest BCUT2D eigenvalue weighted by Gasteiger charge is -2.38. The van der Waals surface area contributed by atoms with E-state index in [1.807, 2.05) is 13.8 Å². The second-order valence-electron chi connectivity index (χ2n) is 7.56. The number of amides is 1. The highest BCUT2D eigenvalue weighted by Crippen LogP contribution is 2.36. The average molecular weight is 327 g/mol. The molecular weight excluding hydrogens is 298 g/mol. The molecule has 0 radical (unpaired) electrons. The monoisotopic (exact) mass is 327 g/mol. The Morgan fingerprint density at radius 2 is 1.61 bits per heavy atom. The number of rotatable bonds is 5. The van der Waals surface area contributed by atoms with Gasteiger partial charge in [0.2, 0.25) is 5.91 Å². The maximum atomic E-state index is 12.6. The van der Waals surface area contributed by atoms with Crippen LogP contribution in [0.4, 0.5) is 0 Å². The van der Waals surface area contributed by atoms with Crippen molar-refractivity contribution in [3.63, 3.8) is 0 Å². The molecule has 1 aliphatic carbocycles. The molecular formula is C17H29NO5. The quantitative estimate of drug-likeness (QED) is 0.722. The molecule has 132 valence electrons. The van der Waals surface area contributed by atoms with Gasteiger partial charge in [-0.1, -0.05) is 13.8 Å². The van der Waals surface area contributed by atoms with Crippen molar-refractivity contribution in [3.05, 3.63) is 0 Å². The molecule has 0 unspecified atom stereocenters. The van der Waals surface area contributed by atoms with Gasteiger partial charge in [0.25, 0.3) is 0 Å². The molecule has 1 atom stereocenters. The van der Waals surface area contributed by atoms with E-state index in [4.69, 9.17) is 4.74 Å². The van der Waals surface area contributed by atoms with Crippen LogP contribution in [0.2, 0.25) is 0 Å². The SMILES string of the molecule is COC(=O)[C@H]1C[C@H](C(=O)N(C)[C@H](C(=O)OC(C)(C)C)C(C)C)C1. The number of carbonyl (C=O) groups is 3. The Bertz CT molecular complexity index is 460. The molecule has 0 aromatic carbocycles. The van der Waals surface area contributed by atoms with Gasteiger partial charge in [-0.3, -0.25) is 9.59 Å². The second-order valence-corrected chi connectivity index (χ2v) is 7.56. The first-order chi connectivity index (χ1) is 10.5. The Kier molecular flexibility index (Phi) is 6.19. The summed E-state index contributed by atoms with van der Waals surface area (Å²) < 4.78 is 10.1. The van der Waals surface area contributed by atoms with Crippen molar-refractivity contribution in [1.29, 1.82) is 0 Å². The Morgan fingerprint density at radius 1 is 1.09 bits per heavy atom. The third-order valence-corrected chi connectivity index (χ3v) is 4.07. The van der Waals surface area contributed by atoms with E-state index in [9.17, 15) is 14.4 Å². The molecule has 0 aromatic rings. The zero-order valence-corrected chi connectivity index (χ0v) is 15.2. The first-order valence-electron chi connectivity index (χ1n) is 8.05. The summed E-state index contributed by atoms with van der Waals surface area (Å²) in [6.07, 6.45) is 0.962. The molecule has 23 heavy (non-hydrogen) atoms. The number of methoxy groups -OCH3 is 1. The topological polar surface area (TPSA) is 72.9 Å². The summed E-state index contributed by atoms with van der Waals surface area (Å²) in [7, 11) is 2.98. The molecule has 6 heteroatoms. The highest BCUT2D eigenvalue weighted by atomic mass is 16.6. The van der Waals surface area contributed by atoms with Crippen LogP contribution < -0.4 is 0 Å². The number of hydrogen-bond acceptors (Lipinski definition) is 5. The van der Waals surface area contributed by atoms with Gasteiger partial charge in [0.05, 0.1) is 13.0 Å². The highest BCUT2D eigenvalue weighted by Gasteiger charge is 2.43. The fourth-order valence-corrected chi connectivity index (χ4v) is 2.84. The molecule has 0 saturated heterocycles. The molecule has 0 heterocycles. The summed E-state index contributed by atoms with van der Waals surface area (Å²) in [5.41, 5.74) is -0.597. The molecule has 1 amide bonds. The van der Waals surface area contributed by atoms with Gasteiger partial charge in [0.1, 0.15) is 11.6 Å². The minimum absolute atomic E-state index is 0.0599. The summed E-state index contributed by atoms with van der Waals surface area (Å²) >= 11 is 0. The Morgan fingerprint density at radius 3 is 2.00 bits per heavy atom. The lowest BCUT2D eigenvalue weighted by Crippen LogP contribution is -2.52. The normalized spacial score (nSPS) is 22.1. The number of likely N-dealkylation sites (N-methyl/N-ethyl adjacent to an activating group) is 1. The van der Waals surface area contributed by atoms with Crippen LogP contribution >= 0.6 is 0 Å². The van der Waals surface area contributed by atoms with E-state index in [0.717, 1.165) is 0 Å². The number of esters is 2. The van der Waals surface area contributed by atoms with Crippen molar-refractivity contribution in [1.82, 2.24) is 4.90 Å². The average Bonchev–Trinajstić information content (AvgIpc) is 2.33. The van der Waals surface area contributed by atoms with Gasteiger partial charge < -0.3 is 14.4 Å². The van der Waals surface area contributed by atoms with Crippen molar-refractivity contribution in [2.24, 2.45) is 17.8 Å².